The van der Waals surface area contributed by atoms with Crippen LogP contribution >= 0.6 is 0 Å². The lowest BCUT2D eigenvalue weighted by Crippen LogP contribution is -2.24. The summed E-state index contributed by atoms with van der Waals surface area (Å²) in [5.74, 6) is 0.192. The molecule has 0 spiro atoms. The third-order valence-electron chi connectivity index (χ3n) is 4.48. The quantitative estimate of drug-likeness (QED) is 0.540. The zero-order valence-electron chi connectivity index (χ0n) is 14.1. The highest BCUT2D eigenvalue weighted by Crippen LogP contribution is 2.40. The zero-order chi connectivity index (χ0) is 18.4. The molecule has 0 saturated carbocycles. The van der Waals surface area contributed by atoms with E-state index in [4.69, 9.17) is 16.2 Å². The highest BCUT2D eigenvalue weighted by atomic mass is 16.5. The summed E-state index contributed by atoms with van der Waals surface area (Å²) in [6, 6.07) is 15.5. The van der Waals surface area contributed by atoms with Gasteiger partial charge in [-0.25, -0.2) is 0 Å². The van der Waals surface area contributed by atoms with Crippen molar-refractivity contribution in [2.75, 3.05) is 11.5 Å². The molecule has 26 heavy (non-hydrogen) atoms. The van der Waals surface area contributed by atoms with E-state index in [1.54, 1.807) is 36.4 Å². The van der Waals surface area contributed by atoms with Crippen LogP contribution in [-0.4, -0.2) is 11.6 Å². The fraction of sp³-hybridized carbons (Fsp3) is 0.0476. The van der Waals surface area contributed by atoms with Gasteiger partial charge in [0.2, 0.25) is 0 Å². The molecule has 128 valence electrons. The number of carbonyl (C=O) groups excluding carboxylic acids is 2. The monoisotopic (exact) mass is 344 g/mol. The zero-order valence-corrected chi connectivity index (χ0v) is 14.1. The lowest BCUT2D eigenvalue weighted by molar-refractivity contribution is 0.0980. The van der Waals surface area contributed by atoms with E-state index in [1.165, 1.54) is 6.07 Å². The highest BCUT2D eigenvalue weighted by Gasteiger charge is 2.34. The fourth-order valence-corrected chi connectivity index (χ4v) is 3.14. The number of rotatable bonds is 2. The summed E-state index contributed by atoms with van der Waals surface area (Å²) in [5, 5.41) is 0. The molecule has 0 radical (unpaired) electrons. The van der Waals surface area contributed by atoms with E-state index >= 15 is 0 Å². The van der Waals surface area contributed by atoms with Crippen LogP contribution in [0.3, 0.4) is 0 Å². The van der Waals surface area contributed by atoms with E-state index in [9.17, 15) is 9.59 Å². The Morgan fingerprint density at radius 1 is 0.808 bits per heavy atom. The second-order valence-electron chi connectivity index (χ2n) is 6.25. The van der Waals surface area contributed by atoms with Gasteiger partial charge in [-0.2, -0.15) is 0 Å². The first-order valence-corrected chi connectivity index (χ1v) is 8.12. The molecule has 1 aliphatic rings. The van der Waals surface area contributed by atoms with Crippen molar-refractivity contribution in [2.45, 2.75) is 6.92 Å². The first-order chi connectivity index (χ1) is 12.5. The number of anilines is 2. The predicted molar refractivity (Wildman–Crippen MR) is 99.8 cm³/mol. The van der Waals surface area contributed by atoms with Crippen LogP contribution in [0, 0.1) is 6.92 Å². The van der Waals surface area contributed by atoms with E-state index in [0.29, 0.717) is 16.9 Å². The molecule has 0 amide bonds. The van der Waals surface area contributed by atoms with Gasteiger partial charge in [-0.05, 0) is 19.1 Å². The molecule has 0 atom stereocenters. The molecule has 4 rings (SSSR count). The van der Waals surface area contributed by atoms with E-state index in [1.807, 2.05) is 19.1 Å². The van der Waals surface area contributed by atoms with Crippen molar-refractivity contribution in [3.63, 3.8) is 0 Å². The normalized spacial score (nSPS) is 12.5. The van der Waals surface area contributed by atoms with E-state index in [-0.39, 0.29) is 39.8 Å². The smallest absolute Gasteiger partial charge is 0.196 e. The van der Waals surface area contributed by atoms with Crippen molar-refractivity contribution in [1.29, 1.82) is 0 Å². The van der Waals surface area contributed by atoms with Crippen molar-refractivity contribution >= 4 is 22.9 Å². The van der Waals surface area contributed by atoms with Gasteiger partial charge in [0.15, 0.2) is 17.3 Å². The molecule has 4 N–H and O–H groups in total. The summed E-state index contributed by atoms with van der Waals surface area (Å²) in [5.41, 5.74) is 14.6. The van der Waals surface area contributed by atoms with Crippen molar-refractivity contribution in [2.24, 2.45) is 0 Å². The molecule has 0 saturated heterocycles. The molecule has 0 heterocycles. The van der Waals surface area contributed by atoms with Crippen molar-refractivity contribution < 1.29 is 14.3 Å². The molecule has 5 heteroatoms. The third-order valence-corrected chi connectivity index (χ3v) is 4.48. The molecule has 5 nitrogen and oxygen atoms in total. The van der Waals surface area contributed by atoms with Crippen LogP contribution in [0.25, 0.3) is 0 Å². The number of hydrogen-bond acceptors (Lipinski definition) is 5. The average Bonchev–Trinajstić information content (AvgIpc) is 2.64. The Morgan fingerprint density at radius 3 is 2.00 bits per heavy atom. The third kappa shape index (κ3) is 2.33. The lowest BCUT2D eigenvalue weighted by Gasteiger charge is -2.22. The largest absolute Gasteiger partial charge is 0.455 e. The summed E-state index contributed by atoms with van der Waals surface area (Å²) < 4.78 is 5.81. The Hall–Kier alpha value is -3.60. The van der Waals surface area contributed by atoms with Crippen molar-refractivity contribution in [3.8, 4) is 11.5 Å². The molecule has 0 aromatic heterocycles. The van der Waals surface area contributed by atoms with Crippen LogP contribution in [0.15, 0.2) is 54.6 Å². The summed E-state index contributed by atoms with van der Waals surface area (Å²) in [4.78, 5) is 25.7. The Kier molecular flexibility index (Phi) is 3.51. The van der Waals surface area contributed by atoms with Crippen LogP contribution in [0.2, 0.25) is 0 Å². The number of hydrogen-bond donors (Lipinski definition) is 2. The molecule has 3 aromatic carbocycles. The molecule has 1 aliphatic carbocycles. The second-order valence-corrected chi connectivity index (χ2v) is 6.25. The van der Waals surface area contributed by atoms with E-state index in [0.717, 1.165) is 5.56 Å². The van der Waals surface area contributed by atoms with Gasteiger partial charge in [0.1, 0.15) is 5.75 Å². The van der Waals surface area contributed by atoms with Gasteiger partial charge < -0.3 is 16.2 Å². The first-order valence-electron chi connectivity index (χ1n) is 8.12. The van der Waals surface area contributed by atoms with Crippen LogP contribution in [0.5, 0.6) is 11.5 Å². The number of fused-ring (bicyclic) bond motifs is 2. The summed E-state index contributed by atoms with van der Waals surface area (Å²) in [6.45, 7) is 1.97. The van der Waals surface area contributed by atoms with Crippen molar-refractivity contribution in [1.82, 2.24) is 0 Å². The SMILES string of the molecule is Cc1ccc(Oc2cc(N)c3c(c2N)C(=O)c2ccccc2C3=O)cc1. The minimum atomic E-state index is -0.325. The topological polar surface area (TPSA) is 95.4 Å². The van der Waals surface area contributed by atoms with E-state index in [2.05, 4.69) is 0 Å². The Labute approximate surface area is 150 Å². The summed E-state index contributed by atoms with van der Waals surface area (Å²) in [7, 11) is 0. The van der Waals surface area contributed by atoms with Gasteiger partial charge in [0.25, 0.3) is 0 Å². The van der Waals surface area contributed by atoms with Gasteiger partial charge in [0.05, 0.1) is 16.8 Å². The summed E-state index contributed by atoms with van der Waals surface area (Å²) in [6.07, 6.45) is 0. The summed E-state index contributed by atoms with van der Waals surface area (Å²) >= 11 is 0. The van der Waals surface area contributed by atoms with Gasteiger partial charge >= 0.3 is 0 Å². The van der Waals surface area contributed by atoms with Crippen LogP contribution in [0.4, 0.5) is 11.4 Å². The number of ether oxygens (including phenoxy) is 1. The van der Waals surface area contributed by atoms with Crippen LogP contribution in [-0.2, 0) is 0 Å². The number of aryl methyl sites for hydroxylation is 1. The van der Waals surface area contributed by atoms with Crippen molar-refractivity contribution in [3.05, 3.63) is 82.4 Å². The average molecular weight is 344 g/mol. The number of benzene rings is 3. The standard InChI is InChI=1S/C21H16N2O3/c1-11-6-8-12(9-7-11)26-16-10-15(22)17-18(19(16)23)21(25)14-5-3-2-4-13(14)20(17)24/h2-10H,22-23H2,1H3. The fourth-order valence-electron chi connectivity index (χ4n) is 3.14. The lowest BCUT2D eigenvalue weighted by atomic mass is 9.82. The minimum Gasteiger partial charge on any atom is -0.455 e. The van der Waals surface area contributed by atoms with E-state index < -0.39 is 0 Å². The second kappa shape index (κ2) is 5.74. The van der Waals surface area contributed by atoms with Gasteiger partial charge in [-0.3, -0.25) is 9.59 Å². The number of ketones is 2. The molecule has 3 aromatic rings. The van der Waals surface area contributed by atoms with Crippen LogP contribution < -0.4 is 16.2 Å². The minimum absolute atomic E-state index is 0.107. The Bertz CT molecular complexity index is 1070. The Balaban J connectivity index is 1.87. The Morgan fingerprint density at radius 2 is 1.38 bits per heavy atom. The number of nitrogen functional groups attached to an aromatic ring is 2. The number of carbonyl (C=O) groups is 2. The maximum absolute atomic E-state index is 12.9. The van der Waals surface area contributed by atoms with Gasteiger partial charge in [-0.15, -0.1) is 0 Å². The first kappa shape index (κ1) is 15.9. The van der Waals surface area contributed by atoms with Crippen LogP contribution in [0.1, 0.15) is 37.4 Å². The number of nitrogens with two attached hydrogens (primary N) is 2. The molecular formula is C21H16N2O3. The predicted octanol–water partition coefficient (Wildman–Crippen LogP) is 3.73. The molecule has 0 bridgehead atoms. The molecule has 0 unspecified atom stereocenters. The molecule has 0 fully saturated rings. The maximum atomic E-state index is 12.9. The highest BCUT2D eigenvalue weighted by molar-refractivity contribution is 6.32. The molecular weight excluding hydrogens is 328 g/mol. The van der Waals surface area contributed by atoms with Gasteiger partial charge in [0, 0.05) is 22.9 Å². The van der Waals surface area contributed by atoms with Gasteiger partial charge in [-0.1, -0.05) is 42.0 Å². The maximum Gasteiger partial charge on any atom is 0.196 e. The molecule has 0 aliphatic heterocycles.